The van der Waals surface area contributed by atoms with Crippen molar-refractivity contribution >= 4 is 21.6 Å². The third-order valence-corrected chi connectivity index (χ3v) is 4.00. The minimum atomic E-state index is 0.222. The first-order chi connectivity index (χ1) is 8.81. The van der Waals surface area contributed by atoms with Crippen LogP contribution < -0.4 is 4.74 Å². The maximum Gasteiger partial charge on any atom is 0.160 e. The number of pyridine rings is 1. The molecule has 0 aliphatic rings. The molecule has 0 spiro atoms. The first kappa shape index (κ1) is 11.0. The molecule has 0 aliphatic carbocycles. The van der Waals surface area contributed by atoms with Crippen LogP contribution >= 0.6 is 11.3 Å². The Hall–Kier alpha value is -2.07. The summed E-state index contributed by atoms with van der Waals surface area (Å²) in [5, 5.41) is 10.3. The third kappa shape index (κ3) is 1.62. The summed E-state index contributed by atoms with van der Waals surface area (Å²) in [7, 11) is 1.62. The van der Waals surface area contributed by atoms with E-state index in [1.54, 1.807) is 19.4 Å². The molecule has 0 unspecified atom stereocenters. The van der Waals surface area contributed by atoms with Crippen LogP contribution in [0.1, 0.15) is 0 Å². The van der Waals surface area contributed by atoms with Gasteiger partial charge in [0.1, 0.15) is 11.3 Å². The molecule has 0 fully saturated rings. The number of methoxy groups -OCH3 is 1. The van der Waals surface area contributed by atoms with E-state index in [1.165, 1.54) is 11.3 Å². The molecule has 0 amide bonds. The summed E-state index contributed by atoms with van der Waals surface area (Å²) in [5.41, 5.74) is 1.58. The van der Waals surface area contributed by atoms with Gasteiger partial charge in [-0.15, -0.1) is 11.3 Å². The van der Waals surface area contributed by atoms with Gasteiger partial charge in [0.05, 0.1) is 16.7 Å². The van der Waals surface area contributed by atoms with E-state index in [9.17, 15) is 5.11 Å². The minimum Gasteiger partial charge on any atom is -0.504 e. The van der Waals surface area contributed by atoms with Gasteiger partial charge in [0, 0.05) is 6.20 Å². The van der Waals surface area contributed by atoms with E-state index in [4.69, 9.17) is 4.74 Å². The van der Waals surface area contributed by atoms with Crippen molar-refractivity contribution in [1.29, 1.82) is 0 Å². The van der Waals surface area contributed by atoms with Gasteiger partial charge in [-0.25, -0.2) is 0 Å². The molecule has 1 N–H and O–H groups in total. The molecule has 0 saturated heterocycles. The van der Waals surface area contributed by atoms with Crippen LogP contribution in [-0.2, 0) is 0 Å². The number of aromatic hydroxyl groups is 1. The van der Waals surface area contributed by atoms with Crippen LogP contribution in [-0.4, -0.2) is 17.2 Å². The molecule has 3 nitrogen and oxygen atoms in total. The van der Waals surface area contributed by atoms with Crippen LogP contribution in [0.4, 0.5) is 0 Å². The maximum atomic E-state index is 10.3. The van der Waals surface area contributed by atoms with Crippen molar-refractivity contribution < 1.29 is 9.84 Å². The minimum absolute atomic E-state index is 0.222. The summed E-state index contributed by atoms with van der Waals surface area (Å²) < 4.78 is 6.16. The molecule has 0 bridgehead atoms. The highest BCUT2D eigenvalue weighted by Gasteiger charge is 2.16. The van der Waals surface area contributed by atoms with Crippen LogP contribution in [0.2, 0.25) is 0 Å². The standard InChI is InChI=1S/C14H11NO2S/c1-17-10-7-8-15-11-12(16)13(18-14(10)11)9-5-3-2-4-6-9/h2-8,16H,1H3. The van der Waals surface area contributed by atoms with E-state index in [0.717, 1.165) is 20.9 Å². The lowest BCUT2D eigenvalue weighted by Gasteiger charge is -1.98. The molecular weight excluding hydrogens is 246 g/mol. The average Bonchev–Trinajstić information content (AvgIpc) is 2.77. The van der Waals surface area contributed by atoms with Crippen molar-refractivity contribution in [3.05, 3.63) is 42.6 Å². The van der Waals surface area contributed by atoms with Gasteiger partial charge >= 0.3 is 0 Å². The highest BCUT2D eigenvalue weighted by atomic mass is 32.1. The monoisotopic (exact) mass is 257 g/mol. The van der Waals surface area contributed by atoms with E-state index in [1.807, 2.05) is 30.3 Å². The largest absolute Gasteiger partial charge is 0.504 e. The van der Waals surface area contributed by atoms with Gasteiger partial charge in [-0.1, -0.05) is 30.3 Å². The topological polar surface area (TPSA) is 42.4 Å². The van der Waals surface area contributed by atoms with E-state index in [-0.39, 0.29) is 5.75 Å². The smallest absolute Gasteiger partial charge is 0.160 e. The fourth-order valence-corrected chi connectivity index (χ4v) is 3.05. The quantitative estimate of drug-likeness (QED) is 0.761. The molecule has 4 heteroatoms. The molecular formula is C14H11NO2S. The Morgan fingerprint density at radius 3 is 2.67 bits per heavy atom. The highest BCUT2D eigenvalue weighted by Crippen LogP contribution is 2.45. The first-order valence-corrected chi connectivity index (χ1v) is 6.33. The molecule has 1 aromatic carbocycles. The van der Waals surface area contributed by atoms with Gasteiger partial charge in [-0.05, 0) is 11.6 Å². The number of ether oxygens (including phenoxy) is 1. The van der Waals surface area contributed by atoms with E-state index >= 15 is 0 Å². The molecule has 3 rings (SSSR count). The Kier molecular flexibility index (Phi) is 2.64. The molecule has 3 aromatic rings. The van der Waals surface area contributed by atoms with Crippen LogP contribution in [0.3, 0.4) is 0 Å². The molecule has 18 heavy (non-hydrogen) atoms. The van der Waals surface area contributed by atoms with Crippen molar-refractivity contribution in [3.8, 4) is 21.9 Å². The summed E-state index contributed by atoms with van der Waals surface area (Å²) in [6.07, 6.45) is 1.64. The second-order valence-electron chi connectivity index (χ2n) is 3.84. The molecule has 90 valence electrons. The fraction of sp³-hybridized carbons (Fsp3) is 0.0714. The number of hydrogen-bond donors (Lipinski definition) is 1. The second kappa shape index (κ2) is 4.31. The lowest BCUT2D eigenvalue weighted by Crippen LogP contribution is -1.82. The number of benzene rings is 1. The van der Waals surface area contributed by atoms with Gasteiger partial charge in [0.25, 0.3) is 0 Å². The summed E-state index contributed by atoms with van der Waals surface area (Å²) in [4.78, 5) is 5.04. The number of fused-ring (bicyclic) bond motifs is 1. The maximum absolute atomic E-state index is 10.3. The predicted molar refractivity (Wildman–Crippen MR) is 73.3 cm³/mol. The third-order valence-electron chi connectivity index (χ3n) is 2.77. The normalized spacial score (nSPS) is 10.7. The molecule has 2 heterocycles. The Bertz CT molecular complexity index is 692. The Balaban J connectivity index is 2.29. The van der Waals surface area contributed by atoms with Crippen molar-refractivity contribution in [2.45, 2.75) is 0 Å². The highest BCUT2D eigenvalue weighted by molar-refractivity contribution is 7.23. The molecule has 2 aromatic heterocycles. The Morgan fingerprint density at radius 2 is 1.94 bits per heavy atom. The number of thiophene rings is 1. The molecule has 0 atom stereocenters. The van der Waals surface area contributed by atoms with Crippen molar-refractivity contribution in [1.82, 2.24) is 4.98 Å². The van der Waals surface area contributed by atoms with Crippen molar-refractivity contribution in [3.63, 3.8) is 0 Å². The number of rotatable bonds is 2. The summed E-state index contributed by atoms with van der Waals surface area (Å²) in [5.74, 6) is 0.961. The lowest BCUT2D eigenvalue weighted by atomic mass is 10.2. The summed E-state index contributed by atoms with van der Waals surface area (Å²) in [6, 6.07) is 11.6. The second-order valence-corrected chi connectivity index (χ2v) is 4.86. The predicted octanol–water partition coefficient (Wildman–Crippen LogP) is 3.68. The first-order valence-electron chi connectivity index (χ1n) is 5.51. The number of aromatic nitrogens is 1. The molecule has 0 radical (unpaired) electrons. The van der Waals surface area contributed by atoms with Crippen LogP contribution in [0, 0.1) is 0 Å². The summed E-state index contributed by atoms with van der Waals surface area (Å²) in [6.45, 7) is 0. The molecule has 0 aliphatic heterocycles. The van der Waals surface area contributed by atoms with Gasteiger partial charge in [-0.3, -0.25) is 4.98 Å². The van der Waals surface area contributed by atoms with E-state index < -0.39 is 0 Å². The SMILES string of the molecule is COc1ccnc2c(O)c(-c3ccccc3)sc12. The Morgan fingerprint density at radius 1 is 1.17 bits per heavy atom. The van der Waals surface area contributed by atoms with Crippen LogP contribution in [0.5, 0.6) is 11.5 Å². The number of nitrogens with zero attached hydrogens (tertiary/aromatic N) is 1. The van der Waals surface area contributed by atoms with Crippen LogP contribution in [0.25, 0.3) is 20.7 Å². The zero-order valence-electron chi connectivity index (χ0n) is 9.75. The lowest BCUT2D eigenvalue weighted by molar-refractivity contribution is 0.420. The zero-order chi connectivity index (χ0) is 12.5. The van der Waals surface area contributed by atoms with Gasteiger partial charge < -0.3 is 9.84 Å². The zero-order valence-corrected chi connectivity index (χ0v) is 10.6. The van der Waals surface area contributed by atoms with E-state index in [0.29, 0.717) is 5.52 Å². The van der Waals surface area contributed by atoms with Gasteiger partial charge in [0.15, 0.2) is 5.75 Å². The molecule has 0 saturated carbocycles. The van der Waals surface area contributed by atoms with Gasteiger partial charge in [0.2, 0.25) is 0 Å². The average molecular weight is 257 g/mol. The number of hydrogen-bond acceptors (Lipinski definition) is 4. The summed E-state index contributed by atoms with van der Waals surface area (Å²) >= 11 is 1.49. The van der Waals surface area contributed by atoms with Crippen molar-refractivity contribution in [2.75, 3.05) is 7.11 Å². The van der Waals surface area contributed by atoms with Gasteiger partial charge in [-0.2, -0.15) is 0 Å². The fourth-order valence-electron chi connectivity index (χ4n) is 1.90. The Labute approximate surface area is 108 Å². The van der Waals surface area contributed by atoms with Crippen LogP contribution in [0.15, 0.2) is 42.6 Å². The van der Waals surface area contributed by atoms with Crippen molar-refractivity contribution in [2.24, 2.45) is 0 Å². The van der Waals surface area contributed by atoms with E-state index in [2.05, 4.69) is 4.98 Å².